The van der Waals surface area contributed by atoms with Crippen molar-refractivity contribution in [2.24, 2.45) is 9.98 Å². The lowest BCUT2D eigenvalue weighted by atomic mass is 10.0. The third-order valence-corrected chi connectivity index (χ3v) is 30.4. The first kappa shape index (κ1) is 131. The molecule has 0 fully saturated rings. The molecule has 846 valence electrons. The highest BCUT2D eigenvalue weighted by Crippen LogP contribution is 2.43. The summed E-state index contributed by atoms with van der Waals surface area (Å²) in [6.07, 6.45) is 112. The van der Waals surface area contributed by atoms with Crippen LogP contribution in [0.15, 0.2) is 131 Å². The summed E-state index contributed by atoms with van der Waals surface area (Å²) < 4.78 is 52.6. The van der Waals surface area contributed by atoms with Crippen LogP contribution < -0.4 is 42.8 Å². The molecule has 0 amide bonds. The normalized spacial score (nSPS) is 11.6. The van der Waals surface area contributed by atoms with Crippen LogP contribution in [0.4, 0.5) is 22.7 Å². The molecular formula is C137H223N3O10. The zero-order valence-electron chi connectivity index (χ0n) is 97.8. The van der Waals surface area contributed by atoms with E-state index < -0.39 is 11.9 Å². The molecule has 0 atom stereocenters. The average molecular weight is 2070 g/mol. The Labute approximate surface area is 920 Å². The number of esters is 2. The van der Waals surface area contributed by atoms with Gasteiger partial charge in [-0.05, 0) is 147 Å². The van der Waals surface area contributed by atoms with E-state index in [4.69, 9.17) is 47.9 Å². The van der Waals surface area contributed by atoms with Crippen LogP contribution in [0.5, 0.6) is 46.0 Å². The van der Waals surface area contributed by atoms with Crippen molar-refractivity contribution in [3.8, 4) is 46.0 Å². The van der Waals surface area contributed by atoms with Gasteiger partial charge >= 0.3 is 11.9 Å². The minimum Gasteiger partial charge on any atom is -0.490 e. The van der Waals surface area contributed by atoms with E-state index in [-0.39, 0.29) is 0 Å². The average Bonchev–Trinajstić information content (AvgIpc) is 0.811. The van der Waals surface area contributed by atoms with E-state index in [0.29, 0.717) is 96.8 Å². The lowest BCUT2D eigenvalue weighted by Crippen LogP contribution is -2.12. The lowest BCUT2D eigenvalue weighted by molar-refractivity contribution is 0.0724. The molecule has 6 aromatic rings. The monoisotopic (exact) mass is 2070 g/mol. The van der Waals surface area contributed by atoms with Gasteiger partial charge in [0.25, 0.3) is 0 Å². The Bertz CT molecular complexity index is 3790. The first-order valence-corrected chi connectivity index (χ1v) is 64.0. The number of aliphatic imine (C=N–C) groups is 2. The van der Waals surface area contributed by atoms with Crippen molar-refractivity contribution in [3.63, 3.8) is 0 Å². The maximum absolute atomic E-state index is 14.4. The van der Waals surface area contributed by atoms with E-state index in [1.54, 1.807) is 24.3 Å². The van der Waals surface area contributed by atoms with Gasteiger partial charge in [-0.1, -0.05) is 567 Å². The zero-order chi connectivity index (χ0) is 106. The Morgan fingerprint density at radius 3 is 0.540 bits per heavy atom. The van der Waals surface area contributed by atoms with E-state index in [0.717, 1.165) is 111 Å². The summed E-state index contributed by atoms with van der Waals surface area (Å²) >= 11 is 0. The first-order valence-electron chi connectivity index (χ1n) is 64.0. The van der Waals surface area contributed by atoms with Gasteiger partial charge in [0, 0.05) is 30.9 Å². The molecule has 0 heterocycles. The molecule has 0 aliphatic rings. The summed E-state index contributed by atoms with van der Waals surface area (Å²) in [5.41, 5.74) is 6.17. The van der Waals surface area contributed by atoms with Gasteiger partial charge in [0.15, 0.2) is 23.0 Å². The number of nitrogens with zero attached hydrogens (tertiary/aromatic N) is 3. The number of rotatable bonds is 106. The van der Waals surface area contributed by atoms with E-state index in [2.05, 4.69) is 102 Å². The molecule has 13 nitrogen and oxygen atoms in total. The molecule has 0 aromatic heterocycles. The molecule has 0 bridgehead atoms. The summed E-state index contributed by atoms with van der Waals surface area (Å²) in [6.45, 7) is 17.0. The van der Waals surface area contributed by atoms with Crippen LogP contribution >= 0.6 is 0 Å². The van der Waals surface area contributed by atoms with Gasteiger partial charge in [0.1, 0.15) is 11.5 Å². The molecule has 6 rings (SSSR count). The largest absolute Gasteiger partial charge is 0.490 e. The lowest BCUT2D eigenvalue weighted by Gasteiger charge is -2.19. The van der Waals surface area contributed by atoms with E-state index in [9.17, 15) is 9.59 Å². The Morgan fingerprint density at radius 2 is 0.367 bits per heavy atom. The molecule has 0 N–H and O–H groups in total. The number of carbonyl (C=O) groups excluding carboxylic acids is 2. The van der Waals surface area contributed by atoms with Crippen molar-refractivity contribution in [2.45, 2.75) is 581 Å². The Kier molecular flexibility index (Phi) is 82.6. The molecule has 0 saturated heterocycles. The smallest absolute Gasteiger partial charge is 0.343 e. The van der Waals surface area contributed by atoms with E-state index in [1.165, 1.54) is 462 Å². The predicted molar refractivity (Wildman–Crippen MR) is 646 cm³/mol. The second-order valence-electron chi connectivity index (χ2n) is 44.3. The SMILES string of the molecule is CCCCCCCCCCCCCCCCOc1cc(C(=O)Oc2ccc(N=Cc3ccc(N(C)c4ccc(C=Nc5ccc(OC(=O)c6cc(OCCCCCCCCCCCCCCCC)c(OCCCCCCCCCCCCCCCC)c(OCCCCCCCCCCCCCCCC)c6)cc5)cc4)cc3)cc2)cc(OCCCCCCCCCCCCCCCC)c1OCCCCCCCCCCCCCCCC. The highest BCUT2D eigenvalue weighted by molar-refractivity contribution is 5.94. The highest BCUT2D eigenvalue weighted by atomic mass is 16.6. The van der Waals surface area contributed by atoms with Crippen LogP contribution in [0.3, 0.4) is 0 Å². The minimum atomic E-state index is -0.480. The van der Waals surface area contributed by atoms with Gasteiger partial charge in [-0.2, -0.15) is 0 Å². The van der Waals surface area contributed by atoms with E-state index in [1.807, 2.05) is 61.0 Å². The van der Waals surface area contributed by atoms with Crippen molar-refractivity contribution in [1.29, 1.82) is 0 Å². The summed E-state index contributed by atoms with van der Waals surface area (Å²) in [7, 11) is 2.07. The maximum Gasteiger partial charge on any atom is 0.343 e. The molecule has 0 aliphatic carbocycles. The van der Waals surface area contributed by atoms with Gasteiger partial charge < -0.3 is 42.8 Å². The third kappa shape index (κ3) is 67.8. The summed E-state index contributed by atoms with van der Waals surface area (Å²) in [6, 6.07) is 38.7. The van der Waals surface area contributed by atoms with Crippen LogP contribution in [-0.4, -0.2) is 71.1 Å². The molecule has 150 heavy (non-hydrogen) atoms. The van der Waals surface area contributed by atoms with Crippen molar-refractivity contribution in [3.05, 3.63) is 144 Å². The second-order valence-corrected chi connectivity index (χ2v) is 44.3. The summed E-state index contributed by atoms with van der Waals surface area (Å²) in [5.74, 6) is 3.29. The number of anilines is 2. The Hall–Kier alpha value is -7.80. The number of benzene rings is 6. The topological polar surface area (TPSA) is 136 Å². The molecule has 0 unspecified atom stereocenters. The van der Waals surface area contributed by atoms with Gasteiger partial charge in [-0.3, -0.25) is 9.98 Å². The quantitative estimate of drug-likeness (QED) is 0.0156. The zero-order valence-corrected chi connectivity index (χ0v) is 97.8. The highest BCUT2D eigenvalue weighted by Gasteiger charge is 2.24. The molecule has 6 aromatic carbocycles. The van der Waals surface area contributed by atoms with Crippen LogP contribution in [0.1, 0.15) is 613 Å². The van der Waals surface area contributed by atoms with Crippen LogP contribution in [-0.2, 0) is 0 Å². The van der Waals surface area contributed by atoms with E-state index >= 15 is 0 Å². The number of hydrogen-bond acceptors (Lipinski definition) is 13. The second kappa shape index (κ2) is 94.7. The van der Waals surface area contributed by atoms with Gasteiger partial charge in [0.2, 0.25) is 11.5 Å². The number of carbonyl (C=O) groups is 2. The molecule has 0 saturated carbocycles. The Balaban J connectivity index is 1.06. The van der Waals surface area contributed by atoms with Crippen molar-refractivity contribution < 1.29 is 47.5 Å². The summed E-state index contributed by atoms with van der Waals surface area (Å²) in [5, 5.41) is 0. The minimum absolute atomic E-state index is 0.370. The molecule has 0 aliphatic heterocycles. The van der Waals surface area contributed by atoms with Crippen molar-refractivity contribution in [1.82, 2.24) is 0 Å². The number of hydrogen-bond donors (Lipinski definition) is 0. The fourth-order valence-corrected chi connectivity index (χ4v) is 20.5. The van der Waals surface area contributed by atoms with Crippen molar-refractivity contribution >= 4 is 47.1 Å². The summed E-state index contributed by atoms with van der Waals surface area (Å²) in [4.78, 5) is 40.7. The number of unbranched alkanes of at least 4 members (excludes halogenated alkanes) is 78. The van der Waals surface area contributed by atoms with Crippen LogP contribution in [0, 0.1) is 0 Å². The van der Waals surface area contributed by atoms with Gasteiger partial charge in [0.05, 0.1) is 62.1 Å². The molecular weight excluding hydrogens is 1850 g/mol. The fraction of sp³-hybridized carbons (Fsp3) is 0.708. The third-order valence-electron chi connectivity index (χ3n) is 30.4. The first-order chi connectivity index (χ1) is 74.2. The van der Waals surface area contributed by atoms with Gasteiger partial charge in [-0.15, -0.1) is 0 Å². The van der Waals surface area contributed by atoms with Crippen LogP contribution in [0.25, 0.3) is 0 Å². The Morgan fingerprint density at radius 1 is 0.207 bits per heavy atom. The standard InChI is InChI=1S/C137H223N3O10/c1-8-14-20-26-32-38-44-50-56-62-68-74-80-86-108-143-130-114-122(115-131(144-109-87-81-75-69-63-57-51-45-39-33-27-21-15-9-2)134(130)147-112-90-84-78-72-66-60-54-48-42-36-30-24-18-12-5)136(141)149-128-104-96-124(97-105-128)138-118-120-92-100-126(101-93-120)140(7)127-102-94-121(95-103-127)119-139-125-98-106-129(107-99-125)150-137(142)123-116-132(145-110-88-82-76-70-64-58-52-46-40-34-28-22-16-10-3)135(148-113-91-85-79-73-67-61-55-49-43-37-31-25-19-13-6)133(117-123)146-111-89-83-77-71-65-59-53-47-41-35-29-23-17-11-4/h92-107,114-119H,8-91,108-113H2,1-7H3. The predicted octanol–water partition coefficient (Wildman–Crippen LogP) is 44.6. The van der Waals surface area contributed by atoms with Gasteiger partial charge in [-0.25, -0.2) is 9.59 Å². The number of ether oxygens (including phenoxy) is 8. The molecule has 13 heteroatoms. The fourth-order valence-electron chi connectivity index (χ4n) is 20.5. The molecule has 0 radical (unpaired) electrons. The maximum atomic E-state index is 14.4. The van der Waals surface area contributed by atoms with Crippen LogP contribution in [0.2, 0.25) is 0 Å². The van der Waals surface area contributed by atoms with Crippen molar-refractivity contribution in [2.75, 3.05) is 51.6 Å². The molecule has 0 spiro atoms.